The summed E-state index contributed by atoms with van der Waals surface area (Å²) in [7, 11) is 1.84. The molecule has 1 unspecified atom stereocenters. The molecular formula is C19H29N5. The maximum atomic E-state index is 4.34. The van der Waals surface area contributed by atoms with Crippen LogP contribution in [0.2, 0.25) is 0 Å². The van der Waals surface area contributed by atoms with Gasteiger partial charge in [-0.2, -0.15) is 0 Å². The van der Waals surface area contributed by atoms with E-state index in [0.717, 1.165) is 37.9 Å². The molecule has 0 aliphatic carbocycles. The third kappa shape index (κ3) is 4.09. The number of aromatic amines is 1. The molecule has 3 N–H and O–H groups in total. The lowest BCUT2D eigenvalue weighted by Gasteiger charge is -2.16. The summed E-state index contributed by atoms with van der Waals surface area (Å²) in [5.74, 6) is 1.64. The molecular weight excluding hydrogens is 298 g/mol. The second-order valence-corrected chi connectivity index (χ2v) is 6.54. The normalized spacial score (nSPS) is 19.1. The van der Waals surface area contributed by atoms with Gasteiger partial charge in [-0.05, 0) is 43.5 Å². The number of guanidine groups is 1. The lowest BCUT2D eigenvalue weighted by Crippen LogP contribution is -2.41. The predicted molar refractivity (Wildman–Crippen MR) is 102 cm³/mol. The summed E-state index contributed by atoms with van der Waals surface area (Å²) < 4.78 is 0. The lowest BCUT2D eigenvalue weighted by molar-refractivity contribution is 0.342. The summed E-state index contributed by atoms with van der Waals surface area (Å²) in [4.78, 5) is 10.2. The molecule has 2 aromatic rings. The quantitative estimate of drug-likeness (QED) is 0.563. The van der Waals surface area contributed by atoms with Gasteiger partial charge in [0.25, 0.3) is 0 Å². The third-order valence-electron chi connectivity index (χ3n) is 4.96. The zero-order valence-corrected chi connectivity index (χ0v) is 14.8. The third-order valence-corrected chi connectivity index (χ3v) is 4.96. The van der Waals surface area contributed by atoms with Gasteiger partial charge in [0.1, 0.15) is 0 Å². The van der Waals surface area contributed by atoms with Crippen LogP contribution in [0.25, 0.3) is 10.9 Å². The Kier molecular flexibility index (Phi) is 5.75. The Morgan fingerprint density at radius 3 is 3.00 bits per heavy atom. The van der Waals surface area contributed by atoms with Crippen LogP contribution in [0, 0.1) is 5.92 Å². The molecule has 0 saturated carbocycles. The van der Waals surface area contributed by atoms with E-state index in [1.54, 1.807) is 0 Å². The summed E-state index contributed by atoms with van der Waals surface area (Å²) in [5, 5.41) is 8.22. The van der Waals surface area contributed by atoms with Crippen molar-refractivity contribution in [2.75, 3.05) is 39.8 Å². The Hall–Kier alpha value is -2.01. The highest BCUT2D eigenvalue weighted by molar-refractivity contribution is 5.83. The predicted octanol–water partition coefficient (Wildman–Crippen LogP) is 2.22. The Labute approximate surface area is 144 Å². The molecule has 0 radical (unpaired) electrons. The number of nitrogens with one attached hydrogen (secondary N) is 3. The number of aliphatic imine (C=N–C) groups is 1. The fourth-order valence-corrected chi connectivity index (χ4v) is 3.48. The zero-order valence-electron chi connectivity index (χ0n) is 14.8. The Morgan fingerprint density at radius 2 is 2.21 bits per heavy atom. The van der Waals surface area contributed by atoms with Crippen LogP contribution in [0.15, 0.2) is 35.5 Å². The fourth-order valence-electron chi connectivity index (χ4n) is 3.48. The van der Waals surface area contributed by atoms with Gasteiger partial charge in [0.2, 0.25) is 0 Å². The molecule has 2 heterocycles. The molecule has 0 bridgehead atoms. The van der Waals surface area contributed by atoms with Crippen LogP contribution in [0.1, 0.15) is 18.9 Å². The highest BCUT2D eigenvalue weighted by atomic mass is 15.2. The maximum Gasteiger partial charge on any atom is 0.190 e. The van der Waals surface area contributed by atoms with E-state index in [1.807, 2.05) is 7.05 Å². The molecule has 24 heavy (non-hydrogen) atoms. The summed E-state index contributed by atoms with van der Waals surface area (Å²) >= 11 is 0. The molecule has 1 aliphatic rings. The summed E-state index contributed by atoms with van der Waals surface area (Å²) in [6.07, 6.45) is 4.38. The van der Waals surface area contributed by atoms with Crippen LogP contribution in [-0.2, 0) is 6.42 Å². The van der Waals surface area contributed by atoms with E-state index in [0.29, 0.717) is 0 Å². The van der Waals surface area contributed by atoms with Gasteiger partial charge in [0.05, 0.1) is 0 Å². The van der Waals surface area contributed by atoms with E-state index in [4.69, 9.17) is 0 Å². The molecule has 0 spiro atoms. The SMILES string of the molecule is CCN1CCC(CNC(=NC)NCCc2c[nH]c3ccccc23)C1. The minimum atomic E-state index is 0.733. The van der Waals surface area contributed by atoms with E-state index < -0.39 is 0 Å². The molecule has 0 amide bonds. The number of likely N-dealkylation sites (tertiary alicyclic amines) is 1. The number of H-pyrrole nitrogens is 1. The fraction of sp³-hybridized carbons (Fsp3) is 0.526. The largest absolute Gasteiger partial charge is 0.361 e. The highest BCUT2D eigenvalue weighted by Gasteiger charge is 2.20. The number of fused-ring (bicyclic) bond motifs is 1. The van der Waals surface area contributed by atoms with Crippen LogP contribution < -0.4 is 10.6 Å². The van der Waals surface area contributed by atoms with Crippen molar-refractivity contribution in [2.45, 2.75) is 19.8 Å². The minimum absolute atomic E-state index is 0.733. The van der Waals surface area contributed by atoms with Gasteiger partial charge in [0, 0.05) is 43.8 Å². The first kappa shape index (κ1) is 16.8. The lowest BCUT2D eigenvalue weighted by atomic mass is 10.1. The number of hydrogen-bond acceptors (Lipinski definition) is 2. The summed E-state index contributed by atoms with van der Waals surface area (Å²) in [6.45, 7) is 7.72. The van der Waals surface area contributed by atoms with Crippen LogP contribution in [-0.4, -0.2) is 55.6 Å². The molecule has 5 nitrogen and oxygen atoms in total. The number of para-hydroxylation sites is 1. The molecule has 1 fully saturated rings. The molecule has 130 valence electrons. The van der Waals surface area contributed by atoms with E-state index >= 15 is 0 Å². The first-order valence-electron chi connectivity index (χ1n) is 9.02. The van der Waals surface area contributed by atoms with Crippen molar-refractivity contribution < 1.29 is 0 Å². The van der Waals surface area contributed by atoms with Crippen molar-refractivity contribution >= 4 is 16.9 Å². The van der Waals surface area contributed by atoms with Gasteiger partial charge in [-0.15, -0.1) is 0 Å². The number of benzene rings is 1. The molecule has 3 rings (SSSR count). The highest BCUT2D eigenvalue weighted by Crippen LogP contribution is 2.17. The van der Waals surface area contributed by atoms with Gasteiger partial charge in [-0.3, -0.25) is 4.99 Å². The van der Waals surface area contributed by atoms with E-state index in [1.165, 1.54) is 36.0 Å². The van der Waals surface area contributed by atoms with Crippen molar-refractivity contribution in [1.29, 1.82) is 0 Å². The Balaban J connectivity index is 1.43. The van der Waals surface area contributed by atoms with Gasteiger partial charge in [-0.1, -0.05) is 25.1 Å². The monoisotopic (exact) mass is 327 g/mol. The van der Waals surface area contributed by atoms with Crippen LogP contribution in [0.4, 0.5) is 0 Å². The van der Waals surface area contributed by atoms with E-state index in [9.17, 15) is 0 Å². The molecule has 5 heteroatoms. The van der Waals surface area contributed by atoms with Crippen molar-refractivity contribution in [2.24, 2.45) is 10.9 Å². The number of rotatable bonds is 6. The van der Waals surface area contributed by atoms with Gasteiger partial charge in [-0.25, -0.2) is 0 Å². The van der Waals surface area contributed by atoms with Crippen molar-refractivity contribution in [1.82, 2.24) is 20.5 Å². The minimum Gasteiger partial charge on any atom is -0.361 e. The van der Waals surface area contributed by atoms with Gasteiger partial charge >= 0.3 is 0 Å². The van der Waals surface area contributed by atoms with E-state index in [2.05, 4.69) is 62.9 Å². The first-order chi connectivity index (χ1) is 11.8. The molecule has 1 aliphatic heterocycles. The second-order valence-electron chi connectivity index (χ2n) is 6.54. The first-order valence-corrected chi connectivity index (χ1v) is 9.02. The standard InChI is InChI=1S/C19H29N5/c1-3-24-11-9-15(14-24)12-23-19(20-2)21-10-8-16-13-22-18-7-5-4-6-17(16)18/h4-7,13,15,22H,3,8-12,14H2,1-2H3,(H2,20,21,23). The molecule has 1 aromatic carbocycles. The number of hydrogen-bond donors (Lipinski definition) is 3. The molecule has 1 aromatic heterocycles. The second kappa shape index (κ2) is 8.20. The summed E-state index contributed by atoms with van der Waals surface area (Å²) in [6, 6.07) is 8.45. The van der Waals surface area contributed by atoms with Crippen molar-refractivity contribution in [3.8, 4) is 0 Å². The topological polar surface area (TPSA) is 55.4 Å². The summed E-state index contributed by atoms with van der Waals surface area (Å²) in [5.41, 5.74) is 2.56. The average Bonchev–Trinajstić information content (AvgIpc) is 3.25. The van der Waals surface area contributed by atoms with Crippen LogP contribution >= 0.6 is 0 Å². The Bertz CT molecular complexity index is 675. The van der Waals surface area contributed by atoms with Crippen LogP contribution in [0.3, 0.4) is 0 Å². The van der Waals surface area contributed by atoms with E-state index in [-0.39, 0.29) is 0 Å². The molecule has 1 saturated heterocycles. The number of aromatic nitrogens is 1. The molecule has 1 atom stereocenters. The van der Waals surface area contributed by atoms with Crippen LogP contribution in [0.5, 0.6) is 0 Å². The Morgan fingerprint density at radius 1 is 1.33 bits per heavy atom. The number of nitrogens with zero attached hydrogens (tertiary/aromatic N) is 2. The van der Waals surface area contributed by atoms with Crippen molar-refractivity contribution in [3.05, 3.63) is 36.0 Å². The average molecular weight is 327 g/mol. The zero-order chi connectivity index (χ0) is 16.8. The van der Waals surface area contributed by atoms with Gasteiger partial charge < -0.3 is 20.5 Å². The maximum absolute atomic E-state index is 4.34. The smallest absolute Gasteiger partial charge is 0.190 e. The van der Waals surface area contributed by atoms with Crippen molar-refractivity contribution in [3.63, 3.8) is 0 Å². The van der Waals surface area contributed by atoms with Gasteiger partial charge in [0.15, 0.2) is 5.96 Å².